The molecule has 3 nitrogen and oxygen atoms in total. The van der Waals surface area contributed by atoms with Crippen molar-refractivity contribution in [3.63, 3.8) is 0 Å². The van der Waals surface area contributed by atoms with Gasteiger partial charge in [0.25, 0.3) is 0 Å². The molecule has 6 heteroatoms. The Morgan fingerprint density at radius 2 is 2.27 bits per heavy atom. The van der Waals surface area contributed by atoms with E-state index in [9.17, 15) is 4.79 Å². The minimum Gasteiger partial charge on any atom is -0.423 e. The van der Waals surface area contributed by atoms with Crippen molar-refractivity contribution in [3.8, 4) is 0 Å². The van der Waals surface area contributed by atoms with Gasteiger partial charge in [0.2, 0.25) is 0 Å². The fourth-order valence-electron chi connectivity index (χ4n) is 0.674. The Kier molecular flexibility index (Phi) is 2.83. The Morgan fingerprint density at radius 1 is 1.64 bits per heavy atom. The molecule has 0 spiro atoms. The van der Waals surface area contributed by atoms with E-state index in [4.69, 9.17) is 10.0 Å². The molecule has 0 aliphatic rings. The smallest absolute Gasteiger partial charge is 0.423 e. The summed E-state index contributed by atoms with van der Waals surface area (Å²) in [5, 5.41) is 19.1. The van der Waals surface area contributed by atoms with Gasteiger partial charge in [0, 0.05) is 20.2 Å². The Labute approximate surface area is 75.9 Å². The molecule has 0 aromatic carbocycles. The fraction of sp³-hybridized carbons (Fsp3) is 0. The minimum atomic E-state index is -1.56. The number of aldehydes is 1. The van der Waals surface area contributed by atoms with Crippen molar-refractivity contribution in [1.82, 2.24) is 0 Å². The van der Waals surface area contributed by atoms with Crippen LogP contribution < -0.4 is 4.78 Å². The highest BCUT2D eigenvalue weighted by Gasteiger charge is 2.19. The number of carbonyl (C=O) groups excluding carboxylic acids is 1. The maximum Gasteiger partial charge on any atom is 0.499 e. The summed E-state index contributed by atoms with van der Waals surface area (Å²) in [4.78, 5) is 10.4. The molecule has 0 unspecified atom stereocenters. The molecule has 0 atom stereocenters. The molecule has 0 bridgehead atoms. The van der Waals surface area contributed by atoms with Gasteiger partial charge >= 0.3 is 7.12 Å². The lowest BCUT2D eigenvalue weighted by molar-refractivity contribution is 0.112. The van der Waals surface area contributed by atoms with Gasteiger partial charge in [-0.2, -0.15) is 11.3 Å². The first-order valence-corrected chi connectivity index (χ1v) is 4.42. The van der Waals surface area contributed by atoms with Gasteiger partial charge in [0.1, 0.15) is 0 Å². The third-order valence-electron chi connectivity index (χ3n) is 1.16. The average molecular weight is 235 g/mol. The van der Waals surface area contributed by atoms with E-state index in [1.54, 1.807) is 5.38 Å². The Bertz CT molecular complexity index is 273. The van der Waals surface area contributed by atoms with Crippen molar-refractivity contribution < 1.29 is 14.8 Å². The van der Waals surface area contributed by atoms with Gasteiger partial charge < -0.3 is 10.0 Å². The molecule has 2 N–H and O–H groups in total. The van der Waals surface area contributed by atoms with E-state index in [2.05, 4.69) is 15.9 Å². The summed E-state index contributed by atoms with van der Waals surface area (Å²) >= 11 is 4.23. The fourth-order valence-corrected chi connectivity index (χ4v) is 2.16. The van der Waals surface area contributed by atoms with E-state index < -0.39 is 7.12 Å². The van der Waals surface area contributed by atoms with E-state index in [1.165, 1.54) is 0 Å². The SMILES string of the molecule is O=Cc1c(Br)csc1B(O)O. The largest absolute Gasteiger partial charge is 0.499 e. The second kappa shape index (κ2) is 3.49. The van der Waals surface area contributed by atoms with Crippen LogP contribution in [0.3, 0.4) is 0 Å². The number of rotatable bonds is 2. The Balaban J connectivity index is 3.15. The second-order valence-corrected chi connectivity index (χ2v) is 3.62. The van der Waals surface area contributed by atoms with E-state index in [0.29, 0.717) is 16.3 Å². The molecule has 0 saturated heterocycles. The second-order valence-electron chi connectivity index (χ2n) is 1.85. The number of hydrogen-bond donors (Lipinski definition) is 2. The molecule has 0 aliphatic carbocycles. The van der Waals surface area contributed by atoms with Crippen LogP contribution in [0.15, 0.2) is 9.85 Å². The minimum absolute atomic E-state index is 0.270. The van der Waals surface area contributed by atoms with Crippen LogP contribution >= 0.6 is 27.3 Å². The lowest BCUT2D eigenvalue weighted by Crippen LogP contribution is -2.29. The normalized spacial score (nSPS) is 9.73. The topological polar surface area (TPSA) is 57.5 Å². The van der Waals surface area contributed by atoms with Crippen LogP contribution in [0.4, 0.5) is 0 Å². The molecule has 0 saturated carbocycles. The van der Waals surface area contributed by atoms with Gasteiger partial charge in [-0.1, -0.05) is 0 Å². The van der Waals surface area contributed by atoms with Crippen LogP contribution in [0.25, 0.3) is 0 Å². The van der Waals surface area contributed by atoms with Crippen LogP contribution in [-0.2, 0) is 0 Å². The average Bonchev–Trinajstić information content (AvgIpc) is 2.30. The predicted octanol–water partition coefficient (Wildman–Crippen LogP) is 0.00290. The van der Waals surface area contributed by atoms with Crippen molar-refractivity contribution in [3.05, 3.63) is 15.4 Å². The lowest BCUT2D eigenvalue weighted by Gasteiger charge is -1.93. The van der Waals surface area contributed by atoms with Crippen molar-refractivity contribution in [2.45, 2.75) is 0 Å². The number of hydrogen-bond acceptors (Lipinski definition) is 4. The molecule has 0 radical (unpaired) electrons. The van der Waals surface area contributed by atoms with Crippen molar-refractivity contribution in [2.75, 3.05) is 0 Å². The highest BCUT2D eigenvalue weighted by molar-refractivity contribution is 9.10. The lowest BCUT2D eigenvalue weighted by atomic mass is 9.86. The van der Waals surface area contributed by atoms with E-state index in [1.807, 2.05) is 0 Å². The molecule has 11 heavy (non-hydrogen) atoms. The number of carbonyl (C=O) groups is 1. The standard InChI is InChI=1S/C5H4BBrO3S/c7-4-2-11-5(6(9)10)3(4)1-8/h1-2,9-10H. The highest BCUT2D eigenvalue weighted by Crippen LogP contribution is 2.17. The first kappa shape index (κ1) is 8.93. The molecule has 0 amide bonds. The quantitative estimate of drug-likeness (QED) is 0.560. The molecule has 1 aromatic heterocycles. The summed E-state index contributed by atoms with van der Waals surface area (Å²) in [6, 6.07) is 0. The first-order chi connectivity index (χ1) is 5.16. The first-order valence-electron chi connectivity index (χ1n) is 2.75. The Hall–Kier alpha value is -0.165. The number of thiophene rings is 1. The zero-order chi connectivity index (χ0) is 8.43. The van der Waals surface area contributed by atoms with Gasteiger partial charge in [-0.15, -0.1) is 0 Å². The summed E-state index contributed by atoms with van der Waals surface area (Å²) < 4.78 is 0.868. The molecule has 0 fully saturated rings. The van der Waals surface area contributed by atoms with Crippen molar-refractivity contribution in [2.24, 2.45) is 0 Å². The molecule has 1 aromatic rings. The van der Waals surface area contributed by atoms with Crippen LogP contribution in [0.2, 0.25) is 0 Å². The third kappa shape index (κ3) is 1.70. The van der Waals surface area contributed by atoms with Crippen LogP contribution in [0.5, 0.6) is 0 Å². The maximum atomic E-state index is 10.4. The van der Waals surface area contributed by atoms with E-state index >= 15 is 0 Å². The molecular weight excluding hydrogens is 231 g/mol. The summed E-state index contributed by atoms with van der Waals surface area (Å²) in [6.45, 7) is 0. The van der Waals surface area contributed by atoms with Crippen molar-refractivity contribution >= 4 is 45.4 Å². The predicted molar refractivity (Wildman–Crippen MR) is 47.2 cm³/mol. The van der Waals surface area contributed by atoms with Crippen LogP contribution in [0.1, 0.15) is 10.4 Å². The van der Waals surface area contributed by atoms with Gasteiger partial charge in [-0.3, -0.25) is 4.79 Å². The summed E-state index contributed by atoms with van der Waals surface area (Å²) in [6.07, 6.45) is 0.593. The highest BCUT2D eigenvalue weighted by atomic mass is 79.9. The van der Waals surface area contributed by atoms with E-state index in [-0.39, 0.29) is 4.78 Å². The summed E-state index contributed by atoms with van der Waals surface area (Å²) in [5.41, 5.74) is 0.310. The summed E-state index contributed by atoms with van der Waals surface area (Å²) in [5.74, 6) is 0. The number of halogens is 1. The van der Waals surface area contributed by atoms with Gasteiger partial charge in [-0.25, -0.2) is 0 Å². The molecule has 58 valence electrons. The molecule has 1 heterocycles. The zero-order valence-corrected chi connectivity index (χ0v) is 7.72. The van der Waals surface area contributed by atoms with Crippen LogP contribution in [-0.4, -0.2) is 23.5 Å². The van der Waals surface area contributed by atoms with Gasteiger partial charge in [0.05, 0.1) is 0 Å². The van der Waals surface area contributed by atoms with E-state index in [0.717, 1.165) is 11.3 Å². The maximum absolute atomic E-state index is 10.4. The van der Waals surface area contributed by atoms with Crippen molar-refractivity contribution in [1.29, 1.82) is 0 Å². The molecule has 1 rings (SSSR count). The third-order valence-corrected chi connectivity index (χ3v) is 3.16. The van der Waals surface area contributed by atoms with Gasteiger partial charge in [0.15, 0.2) is 6.29 Å². The molecule has 0 aliphatic heterocycles. The van der Waals surface area contributed by atoms with Gasteiger partial charge in [-0.05, 0) is 15.9 Å². The zero-order valence-electron chi connectivity index (χ0n) is 5.32. The monoisotopic (exact) mass is 234 g/mol. The van der Waals surface area contributed by atoms with Crippen LogP contribution in [0, 0.1) is 0 Å². The Morgan fingerprint density at radius 3 is 2.64 bits per heavy atom. The molecular formula is C5H4BBrO3S. The summed E-state index contributed by atoms with van der Waals surface area (Å²) in [7, 11) is -1.56.